The molecule has 0 saturated heterocycles. The predicted molar refractivity (Wildman–Crippen MR) is 81.0 cm³/mol. The SMILES string of the molecule is COc1cccc(F)c1CCc1c(F)cc(Br)c2nncn12. The van der Waals surface area contributed by atoms with E-state index in [-0.39, 0.29) is 5.82 Å². The van der Waals surface area contributed by atoms with Crippen molar-refractivity contribution in [2.75, 3.05) is 7.11 Å². The quantitative estimate of drug-likeness (QED) is 0.707. The Morgan fingerprint density at radius 1 is 1.23 bits per heavy atom. The molecule has 0 aliphatic heterocycles. The van der Waals surface area contributed by atoms with Crippen LogP contribution in [0.5, 0.6) is 5.75 Å². The van der Waals surface area contributed by atoms with Gasteiger partial charge in [0.05, 0.1) is 17.3 Å². The molecular weight excluding hydrogens is 356 g/mol. The molecule has 0 bridgehead atoms. The van der Waals surface area contributed by atoms with E-state index in [0.29, 0.717) is 40.0 Å². The van der Waals surface area contributed by atoms with Crippen LogP contribution in [-0.2, 0) is 12.8 Å². The molecule has 0 spiro atoms. The fraction of sp³-hybridized carbons (Fsp3) is 0.200. The van der Waals surface area contributed by atoms with Gasteiger partial charge in [-0.1, -0.05) is 6.07 Å². The average Bonchev–Trinajstić information content (AvgIpc) is 2.98. The van der Waals surface area contributed by atoms with Gasteiger partial charge in [-0.2, -0.15) is 0 Å². The standard InChI is InChI=1S/C15H12BrF2N3O/c1-22-14-4-2-3-11(17)9(14)5-6-13-12(18)7-10(16)15-20-19-8-21(13)15/h2-4,7-8H,5-6H2,1H3. The number of benzene rings is 1. The van der Waals surface area contributed by atoms with Gasteiger partial charge in [0.25, 0.3) is 0 Å². The topological polar surface area (TPSA) is 39.4 Å². The van der Waals surface area contributed by atoms with Crippen LogP contribution >= 0.6 is 15.9 Å². The Hall–Kier alpha value is -2.02. The number of methoxy groups -OCH3 is 1. The van der Waals surface area contributed by atoms with Crippen molar-refractivity contribution in [3.8, 4) is 5.75 Å². The average molecular weight is 368 g/mol. The van der Waals surface area contributed by atoms with Crippen LogP contribution in [0.25, 0.3) is 5.65 Å². The molecule has 3 rings (SSSR count). The second kappa shape index (κ2) is 6.00. The lowest BCUT2D eigenvalue weighted by atomic mass is 10.1. The number of halogens is 3. The van der Waals surface area contributed by atoms with Crippen molar-refractivity contribution in [3.05, 3.63) is 58.0 Å². The third kappa shape index (κ3) is 2.56. The number of aromatic nitrogens is 3. The monoisotopic (exact) mass is 367 g/mol. The van der Waals surface area contributed by atoms with Gasteiger partial charge < -0.3 is 4.74 Å². The van der Waals surface area contributed by atoms with Gasteiger partial charge in [-0.15, -0.1) is 10.2 Å². The molecule has 0 aliphatic carbocycles. The second-order valence-electron chi connectivity index (χ2n) is 4.73. The van der Waals surface area contributed by atoms with Crippen molar-refractivity contribution >= 4 is 21.6 Å². The number of fused-ring (bicyclic) bond motifs is 1. The van der Waals surface area contributed by atoms with Gasteiger partial charge >= 0.3 is 0 Å². The molecule has 0 saturated carbocycles. The molecule has 22 heavy (non-hydrogen) atoms. The van der Waals surface area contributed by atoms with Crippen LogP contribution in [0.2, 0.25) is 0 Å². The third-order valence-electron chi connectivity index (χ3n) is 3.49. The molecule has 4 nitrogen and oxygen atoms in total. The third-order valence-corrected chi connectivity index (χ3v) is 4.07. The Morgan fingerprint density at radius 3 is 2.82 bits per heavy atom. The fourth-order valence-electron chi connectivity index (χ4n) is 2.43. The van der Waals surface area contributed by atoms with Crippen LogP contribution in [0.4, 0.5) is 8.78 Å². The van der Waals surface area contributed by atoms with Crippen molar-refractivity contribution in [2.24, 2.45) is 0 Å². The van der Waals surface area contributed by atoms with Crippen LogP contribution in [-0.4, -0.2) is 21.7 Å². The largest absolute Gasteiger partial charge is 0.496 e. The van der Waals surface area contributed by atoms with E-state index < -0.39 is 5.82 Å². The lowest BCUT2D eigenvalue weighted by Gasteiger charge is -2.11. The van der Waals surface area contributed by atoms with Crippen LogP contribution < -0.4 is 4.74 Å². The predicted octanol–water partition coefficient (Wildman–Crippen LogP) is 3.56. The summed E-state index contributed by atoms with van der Waals surface area (Å²) in [7, 11) is 1.48. The Balaban J connectivity index is 1.97. The van der Waals surface area contributed by atoms with Crippen molar-refractivity contribution in [1.29, 1.82) is 0 Å². The Morgan fingerprint density at radius 2 is 2.05 bits per heavy atom. The Labute approximate surface area is 133 Å². The van der Waals surface area contributed by atoms with Gasteiger partial charge in [0.15, 0.2) is 5.65 Å². The van der Waals surface area contributed by atoms with Crippen LogP contribution in [0.15, 0.2) is 35.1 Å². The maximum Gasteiger partial charge on any atom is 0.175 e. The van der Waals surface area contributed by atoms with E-state index in [9.17, 15) is 8.78 Å². The van der Waals surface area contributed by atoms with E-state index in [1.54, 1.807) is 16.5 Å². The van der Waals surface area contributed by atoms with E-state index in [1.165, 1.54) is 25.6 Å². The minimum absolute atomic E-state index is 0.297. The molecular formula is C15H12BrF2N3O. The summed E-state index contributed by atoms with van der Waals surface area (Å²) in [6.07, 6.45) is 2.05. The number of rotatable bonds is 4. The summed E-state index contributed by atoms with van der Waals surface area (Å²) in [5.74, 6) is -0.302. The number of hydrogen-bond acceptors (Lipinski definition) is 3. The molecule has 114 valence electrons. The summed E-state index contributed by atoms with van der Waals surface area (Å²) < 4.78 is 35.4. The number of hydrogen-bond donors (Lipinski definition) is 0. The number of pyridine rings is 1. The first-order valence-corrected chi connectivity index (χ1v) is 7.39. The molecule has 0 fully saturated rings. The smallest absolute Gasteiger partial charge is 0.175 e. The van der Waals surface area contributed by atoms with Crippen molar-refractivity contribution in [1.82, 2.24) is 14.6 Å². The normalized spacial score (nSPS) is 11.1. The molecule has 2 heterocycles. The van der Waals surface area contributed by atoms with Gasteiger partial charge in [-0.3, -0.25) is 4.40 Å². The van der Waals surface area contributed by atoms with E-state index in [2.05, 4.69) is 26.1 Å². The molecule has 0 unspecified atom stereocenters. The minimum Gasteiger partial charge on any atom is -0.496 e. The van der Waals surface area contributed by atoms with Gasteiger partial charge in [0.1, 0.15) is 23.7 Å². The van der Waals surface area contributed by atoms with Crippen LogP contribution in [0.3, 0.4) is 0 Å². The maximum absolute atomic E-state index is 14.2. The van der Waals surface area contributed by atoms with Gasteiger partial charge in [-0.05, 0) is 47.0 Å². The summed E-state index contributed by atoms with van der Waals surface area (Å²) >= 11 is 3.25. The minimum atomic E-state index is -0.394. The first-order chi connectivity index (χ1) is 10.6. The van der Waals surface area contributed by atoms with E-state index >= 15 is 0 Å². The zero-order chi connectivity index (χ0) is 15.7. The zero-order valence-corrected chi connectivity index (χ0v) is 13.3. The molecule has 7 heteroatoms. The number of aryl methyl sites for hydroxylation is 1. The van der Waals surface area contributed by atoms with Gasteiger partial charge in [0, 0.05) is 5.56 Å². The van der Waals surface area contributed by atoms with Gasteiger partial charge in [0.2, 0.25) is 0 Å². The molecule has 0 aliphatic rings. The molecule has 3 aromatic rings. The second-order valence-corrected chi connectivity index (χ2v) is 5.59. The molecule has 0 atom stereocenters. The van der Waals surface area contributed by atoms with Gasteiger partial charge in [-0.25, -0.2) is 8.78 Å². The van der Waals surface area contributed by atoms with Crippen LogP contribution in [0.1, 0.15) is 11.3 Å². The zero-order valence-electron chi connectivity index (χ0n) is 11.7. The highest BCUT2D eigenvalue weighted by molar-refractivity contribution is 9.10. The molecule has 0 radical (unpaired) electrons. The highest BCUT2D eigenvalue weighted by atomic mass is 79.9. The highest BCUT2D eigenvalue weighted by Crippen LogP contribution is 2.25. The van der Waals surface area contributed by atoms with Crippen molar-refractivity contribution < 1.29 is 13.5 Å². The number of ether oxygens (including phenoxy) is 1. The summed E-state index contributed by atoms with van der Waals surface area (Å²) in [6.45, 7) is 0. The van der Waals surface area contributed by atoms with E-state index in [1.807, 2.05) is 0 Å². The maximum atomic E-state index is 14.2. The van der Waals surface area contributed by atoms with E-state index in [0.717, 1.165) is 0 Å². The lowest BCUT2D eigenvalue weighted by Crippen LogP contribution is -2.05. The number of nitrogens with zero attached hydrogens (tertiary/aromatic N) is 3. The lowest BCUT2D eigenvalue weighted by molar-refractivity contribution is 0.404. The molecule has 2 aromatic heterocycles. The summed E-state index contributed by atoms with van der Waals surface area (Å²) in [6, 6.07) is 5.97. The summed E-state index contributed by atoms with van der Waals surface area (Å²) in [5.41, 5.74) is 1.35. The highest BCUT2D eigenvalue weighted by Gasteiger charge is 2.15. The van der Waals surface area contributed by atoms with E-state index in [4.69, 9.17) is 4.74 Å². The fourth-order valence-corrected chi connectivity index (χ4v) is 2.90. The molecule has 0 amide bonds. The molecule has 1 aromatic carbocycles. The first kappa shape index (κ1) is 14.9. The Bertz CT molecular complexity index is 835. The first-order valence-electron chi connectivity index (χ1n) is 6.60. The molecule has 0 N–H and O–H groups in total. The van der Waals surface area contributed by atoms with Crippen LogP contribution in [0, 0.1) is 11.6 Å². The summed E-state index contributed by atoms with van der Waals surface area (Å²) in [5, 5.41) is 7.71. The van der Waals surface area contributed by atoms with Crippen molar-refractivity contribution in [2.45, 2.75) is 12.8 Å². The Kier molecular flexibility index (Phi) is 4.06. The summed E-state index contributed by atoms with van der Waals surface area (Å²) in [4.78, 5) is 0. The van der Waals surface area contributed by atoms with Crippen molar-refractivity contribution in [3.63, 3.8) is 0 Å².